The maximum absolute atomic E-state index is 4.10. The molecule has 1 rings (SSSR count). The van der Waals surface area contributed by atoms with Gasteiger partial charge in [0.05, 0.1) is 5.69 Å². The van der Waals surface area contributed by atoms with Crippen LogP contribution in [0.1, 0.15) is 32.9 Å². The summed E-state index contributed by atoms with van der Waals surface area (Å²) in [6.45, 7) is 7.51. The Kier molecular flexibility index (Phi) is 4.28. The van der Waals surface area contributed by atoms with Gasteiger partial charge in [0, 0.05) is 18.5 Å². The molecule has 0 spiro atoms. The van der Waals surface area contributed by atoms with Crippen LogP contribution < -0.4 is 0 Å². The van der Waals surface area contributed by atoms with Gasteiger partial charge in [0.2, 0.25) is 0 Å². The van der Waals surface area contributed by atoms with Crippen LogP contribution in [0, 0.1) is 0 Å². The fourth-order valence-electron chi connectivity index (χ4n) is 0.995. The first-order chi connectivity index (χ1) is 6.22. The van der Waals surface area contributed by atoms with E-state index in [1.165, 1.54) is 0 Å². The summed E-state index contributed by atoms with van der Waals surface area (Å²) in [6, 6.07) is 0. The first kappa shape index (κ1) is 10.6. The number of thioether (sulfide) groups is 1. The van der Waals surface area contributed by atoms with Crippen molar-refractivity contribution in [2.45, 2.75) is 44.7 Å². The molecule has 74 valence electrons. The van der Waals surface area contributed by atoms with E-state index in [0.29, 0.717) is 5.25 Å². The van der Waals surface area contributed by atoms with Crippen molar-refractivity contribution in [3.63, 3.8) is 0 Å². The van der Waals surface area contributed by atoms with E-state index in [1.54, 1.807) is 0 Å². The van der Waals surface area contributed by atoms with Crippen molar-refractivity contribution in [3.8, 4) is 0 Å². The Hall–Kier alpha value is -0.510. The van der Waals surface area contributed by atoms with Crippen LogP contribution in [0.15, 0.2) is 6.20 Å². The molecule has 4 heteroatoms. The molecule has 0 amide bonds. The third kappa shape index (κ3) is 3.81. The summed E-state index contributed by atoms with van der Waals surface area (Å²) in [4.78, 5) is 0. The lowest BCUT2D eigenvalue weighted by Crippen LogP contribution is -1.96. The summed E-state index contributed by atoms with van der Waals surface area (Å²) in [6.07, 6.45) is 3.15. The average molecular weight is 199 g/mol. The van der Waals surface area contributed by atoms with Gasteiger partial charge in [0.1, 0.15) is 0 Å². The maximum atomic E-state index is 4.10. The third-order valence-corrected chi connectivity index (χ3v) is 2.73. The number of nitrogens with zero attached hydrogens (tertiary/aromatic N) is 3. The molecule has 0 aliphatic heterocycles. The van der Waals surface area contributed by atoms with Gasteiger partial charge in [-0.3, -0.25) is 4.68 Å². The Morgan fingerprint density at radius 2 is 2.31 bits per heavy atom. The van der Waals surface area contributed by atoms with Crippen LogP contribution in [0.2, 0.25) is 0 Å². The van der Waals surface area contributed by atoms with Crippen molar-refractivity contribution in [3.05, 3.63) is 11.9 Å². The molecule has 0 aliphatic carbocycles. The van der Waals surface area contributed by atoms with Gasteiger partial charge in [-0.05, 0) is 11.7 Å². The van der Waals surface area contributed by atoms with Gasteiger partial charge in [-0.1, -0.05) is 26.0 Å². The van der Waals surface area contributed by atoms with Gasteiger partial charge in [-0.25, -0.2) is 0 Å². The number of hydrogen-bond donors (Lipinski definition) is 0. The molecule has 13 heavy (non-hydrogen) atoms. The Bertz CT molecular complexity index is 245. The van der Waals surface area contributed by atoms with E-state index < -0.39 is 0 Å². The van der Waals surface area contributed by atoms with Crippen LogP contribution >= 0.6 is 11.8 Å². The van der Waals surface area contributed by atoms with E-state index >= 15 is 0 Å². The third-order valence-electron chi connectivity index (χ3n) is 1.60. The highest BCUT2D eigenvalue weighted by Gasteiger charge is 2.01. The second kappa shape index (κ2) is 5.27. The zero-order valence-corrected chi connectivity index (χ0v) is 9.34. The minimum Gasteiger partial charge on any atom is -0.252 e. The highest BCUT2D eigenvalue weighted by atomic mass is 32.2. The van der Waals surface area contributed by atoms with Gasteiger partial charge in [-0.2, -0.15) is 11.8 Å². The molecule has 1 aromatic rings. The number of hydrogen-bond acceptors (Lipinski definition) is 3. The summed E-state index contributed by atoms with van der Waals surface area (Å²) < 4.78 is 1.91. The summed E-state index contributed by atoms with van der Waals surface area (Å²) in [5.74, 6) is 0.974. The first-order valence-corrected chi connectivity index (χ1v) is 5.78. The largest absolute Gasteiger partial charge is 0.252 e. The van der Waals surface area contributed by atoms with Crippen LogP contribution in [-0.2, 0) is 12.3 Å². The molecular weight excluding hydrogens is 182 g/mol. The normalized spacial score (nSPS) is 11.1. The smallest absolute Gasteiger partial charge is 0.0926 e. The molecule has 0 saturated heterocycles. The molecule has 0 aliphatic rings. The minimum absolute atomic E-state index is 0.663. The van der Waals surface area contributed by atoms with Crippen LogP contribution in [0.4, 0.5) is 0 Å². The highest BCUT2D eigenvalue weighted by molar-refractivity contribution is 7.99. The molecule has 0 saturated carbocycles. The Morgan fingerprint density at radius 1 is 1.54 bits per heavy atom. The van der Waals surface area contributed by atoms with Crippen LogP contribution in [-0.4, -0.2) is 20.2 Å². The predicted molar refractivity (Wildman–Crippen MR) is 56.7 cm³/mol. The molecular formula is C9H17N3S. The summed E-state index contributed by atoms with van der Waals surface area (Å²) >= 11 is 1.90. The predicted octanol–water partition coefficient (Wildman–Crippen LogP) is 2.33. The molecule has 1 heterocycles. The van der Waals surface area contributed by atoms with E-state index in [0.717, 1.165) is 24.4 Å². The van der Waals surface area contributed by atoms with Gasteiger partial charge >= 0.3 is 0 Å². The van der Waals surface area contributed by atoms with Crippen molar-refractivity contribution < 1.29 is 0 Å². The molecule has 0 bridgehead atoms. The van der Waals surface area contributed by atoms with E-state index in [2.05, 4.69) is 31.1 Å². The Labute approximate surface area is 83.9 Å². The first-order valence-electron chi connectivity index (χ1n) is 4.73. The molecule has 1 aromatic heterocycles. The second-order valence-corrected chi connectivity index (χ2v) is 4.90. The monoisotopic (exact) mass is 199 g/mol. The van der Waals surface area contributed by atoms with Crippen molar-refractivity contribution in [1.29, 1.82) is 0 Å². The summed E-state index contributed by atoms with van der Waals surface area (Å²) in [5, 5.41) is 8.80. The van der Waals surface area contributed by atoms with Crippen LogP contribution in [0.3, 0.4) is 0 Å². The van der Waals surface area contributed by atoms with Gasteiger partial charge in [0.15, 0.2) is 0 Å². The highest BCUT2D eigenvalue weighted by Crippen LogP contribution is 2.14. The summed E-state index contributed by atoms with van der Waals surface area (Å²) in [7, 11) is 0. The summed E-state index contributed by atoms with van der Waals surface area (Å²) in [5.41, 5.74) is 1.09. The zero-order chi connectivity index (χ0) is 9.68. The quantitative estimate of drug-likeness (QED) is 0.729. The molecule has 0 unspecified atom stereocenters. The number of rotatable bonds is 5. The zero-order valence-electron chi connectivity index (χ0n) is 8.53. The number of aryl methyl sites for hydroxylation is 1. The van der Waals surface area contributed by atoms with Crippen molar-refractivity contribution >= 4 is 11.8 Å². The minimum atomic E-state index is 0.663. The van der Waals surface area contributed by atoms with Gasteiger partial charge < -0.3 is 0 Å². The van der Waals surface area contributed by atoms with Crippen molar-refractivity contribution in [2.75, 3.05) is 0 Å². The Balaban J connectivity index is 2.39. The standard InChI is InChI=1S/C9H17N3S/c1-4-5-12-6-9(10-11-12)7-13-8(2)3/h6,8H,4-5,7H2,1-3H3. The average Bonchev–Trinajstić information content (AvgIpc) is 2.50. The second-order valence-electron chi connectivity index (χ2n) is 3.33. The van der Waals surface area contributed by atoms with E-state index in [4.69, 9.17) is 0 Å². The molecule has 0 N–H and O–H groups in total. The lowest BCUT2D eigenvalue weighted by molar-refractivity contribution is 0.579. The SMILES string of the molecule is CCCn1cc(CSC(C)C)nn1. The van der Waals surface area contributed by atoms with E-state index in [1.807, 2.05) is 22.6 Å². The van der Waals surface area contributed by atoms with E-state index in [9.17, 15) is 0 Å². The van der Waals surface area contributed by atoms with Crippen molar-refractivity contribution in [1.82, 2.24) is 15.0 Å². The molecule has 3 nitrogen and oxygen atoms in total. The lowest BCUT2D eigenvalue weighted by atomic mass is 10.5. The Morgan fingerprint density at radius 3 is 2.92 bits per heavy atom. The lowest BCUT2D eigenvalue weighted by Gasteiger charge is -2.00. The molecule has 0 fully saturated rings. The fourth-order valence-corrected chi connectivity index (χ4v) is 1.63. The van der Waals surface area contributed by atoms with Crippen molar-refractivity contribution in [2.24, 2.45) is 0 Å². The molecule has 0 aromatic carbocycles. The topological polar surface area (TPSA) is 30.7 Å². The molecule has 0 atom stereocenters. The van der Waals surface area contributed by atoms with Crippen LogP contribution in [0.25, 0.3) is 0 Å². The maximum Gasteiger partial charge on any atom is 0.0926 e. The number of aromatic nitrogens is 3. The molecule has 0 radical (unpaired) electrons. The van der Waals surface area contributed by atoms with Gasteiger partial charge in [0.25, 0.3) is 0 Å². The fraction of sp³-hybridized carbons (Fsp3) is 0.778. The van der Waals surface area contributed by atoms with Gasteiger partial charge in [-0.15, -0.1) is 5.10 Å². The van der Waals surface area contributed by atoms with Crippen LogP contribution in [0.5, 0.6) is 0 Å². The van der Waals surface area contributed by atoms with E-state index in [-0.39, 0.29) is 0 Å².